The maximum absolute atomic E-state index is 10.6. The van der Waals surface area contributed by atoms with E-state index < -0.39 is 12.2 Å². The fraction of sp³-hybridized carbons (Fsp3) is 0.150. The first kappa shape index (κ1) is 20.3. The number of hydrogen-bond donors (Lipinski definition) is 2. The Morgan fingerprint density at radius 1 is 1.21 bits per heavy atom. The van der Waals surface area contributed by atoms with Crippen molar-refractivity contribution in [1.82, 2.24) is 9.55 Å². The van der Waals surface area contributed by atoms with Gasteiger partial charge >= 0.3 is 0 Å². The highest BCUT2D eigenvalue weighted by molar-refractivity contribution is 9.10. The second kappa shape index (κ2) is 8.26. The van der Waals surface area contributed by atoms with E-state index in [4.69, 9.17) is 21.5 Å². The lowest BCUT2D eigenvalue weighted by atomic mass is 10.0. The van der Waals surface area contributed by atoms with Gasteiger partial charge in [0.05, 0.1) is 11.4 Å². The van der Waals surface area contributed by atoms with Gasteiger partial charge in [0.15, 0.2) is 5.82 Å². The number of aliphatic imine (C=N–C) groups is 1. The molecule has 28 heavy (non-hydrogen) atoms. The largest absolute Gasteiger partial charge is 0.481 e. The monoisotopic (exact) mass is 461 g/mol. The number of aryl methyl sites for hydroxylation is 1. The molecule has 0 saturated heterocycles. The Morgan fingerprint density at radius 3 is 2.57 bits per heavy atom. The zero-order valence-corrected chi connectivity index (χ0v) is 17.4. The van der Waals surface area contributed by atoms with E-state index in [-0.39, 0.29) is 0 Å². The van der Waals surface area contributed by atoms with Gasteiger partial charge in [-0.2, -0.15) is 0 Å². The number of aliphatic hydroxyl groups is 1. The minimum absolute atomic E-state index is 0.498. The minimum atomic E-state index is -1.06. The lowest BCUT2D eigenvalue weighted by molar-refractivity contribution is -0.134. The van der Waals surface area contributed by atoms with Crippen LogP contribution >= 0.6 is 27.5 Å². The van der Waals surface area contributed by atoms with Crippen molar-refractivity contribution in [3.05, 3.63) is 80.8 Å². The summed E-state index contributed by atoms with van der Waals surface area (Å²) in [5.41, 5.74) is 4.16. The van der Waals surface area contributed by atoms with Gasteiger partial charge in [-0.25, -0.2) is 9.98 Å². The summed E-state index contributed by atoms with van der Waals surface area (Å²) < 4.78 is 2.86. The van der Waals surface area contributed by atoms with Crippen molar-refractivity contribution in [2.24, 2.45) is 4.99 Å². The van der Waals surface area contributed by atoms with Crippen LogP contribution in [0.3, 0.4) is 0 Å². The molecule has 0 radical (unpaired) electrons. The van der Waals surface area contributed by atoms with Crippen LogP contribution in [-0.2, 0) is 4.79 Å². The summed E-state index contributed by atoms with van der Waals surface area (Å²) in [4.78, 5) is 17.9. The standard InChI is InChI=1S/C18H13BrClN3O.C2H4O2/c1-10-9-21-17-18(24)22-16(12-4-2-3-5-14(12)20)13-8-11(19)6-7-15(13)23(10)17;1-2(3)4/h2-9,18,24H,1H3;1H3,(H,3,4). The quantitative estimate of drug-likeness (QED) is 0.556. The van der Waals surface area contributed by atoms with Crippen LogP contribution in [-0.4, -0.2) is 31.4 Å². The molecule has 2 heterocycles. The van der Waals surface area contributed by atoms with Gasteiger partial charge in [0.25, 0.3) is 5.97 Å². The second-order valence-electron chi connectivity index (χ2n) is 6.10. The molecule has 0 saturated carbocycles. The Bertz CT molecular complexity index is 1070. The predicted octanol–water partition coefficient (Wildman–Crippen LogP) is 4.53. The number of nitrogens with zero attached hydrogens (tertiary/aromatic N) is 3. The van der Waals surface area contributed by atoms with E-state index in [1.54, 1.807) is 6.20 Å². The van der Waals surface area contributed by atoms with Crippen molar-refractivity contribution < 1.29 is 15.0 Å². The van der Waals surface area contributed by atoms with Crippen LogP contribution in [0, 0.1) is 6.92 Å². The first-order chi connectivity index (χ1) is 13.3. The topological polar surface area (TPSA) is 87.7 Å². The molecule has 2 aromatic carbocycles. The van der Waals surface area contributed by atoms with Crippen LogP contribution in [0.5, 0.6) is 0 Å². The molecule has 2 N–H and O–H groups in total. The summed E-state index contributed by atoms with van der Waals surface area (Å²) in [5, 5.41) is 18.6. The lowest BCUT2D eigenvalue weighted by Gasteiger charge is -2.14. The zero-order chi connectivity index (χ0) is 20.4. The predicted molar refractivity (Wildman–Crippen MR) is 111 cm³/mol. The molecule has 144 valence electrons. The Kier molecular flexibility index (Phi) is 5.98. The van der Waals surface area contributed by atoms with Crippen molar-refractivity contribution in [3.8, 4) is 5.69 Å². The molecule has 0 fully saturated rings. The van der Waals surface area contributed by atoms with Gasteiger partial charge in [0.2, 0.25) is 6.23 Å². The van der Waals surface area contributed by atoms with Gasteiger partial charge in [-0.15, -0.1) is 0 Å². The van der Waals surface area contributed by atoms with Crippen molar-refractivity contribution in [2.75, 3.05) is 0 Å². The zero-order valence-electron chi connectivity index (χ0n) is 15.1. The number of carbonyl (C=O) groups is 1. The van der Waals surface area contributed by atoms with Gasteiger partial charge in [0.1, 0.15) is 0 Å². The summed E-state index contributed by atoms with van der Waals surface area (Å²) >= 11 is 9.91. The summed E-state index contributed by atoms with van der Waals surface area (Å²) in [6.07, 6.45) is 0.677. The van der Waals surface area contributed by atoms with Gasteiger partial charge in [-0.05, 0) is 31.2 Å². The van der Waals surface area contributed by atoms with Gasteiger partial charge in [0, 0.05) is 39.4 Å². The molecular formula is C20H17BrClN3O3. The number of carboxylic acids is 1. The molecule has 0 amide bonds. The number of benzene rings is 2. The van der Waals surface area contributed by atoms with E-state index >= 15 is 0 Å². The number of imidazole rings is 1. The maximum atomic E-state index is 10.6. The molecule has 8 heteroatoms. The second-order valence-corrected chi connectivity index (χ2v) is 7.43. The van der Waals surface area contributed by atoms with Crippen LogP contribution in [0.2, 0.25) is 5.02 Å². The normalized spacial score (nSPS) is 14.8. The lowest BCUT2D eigenvalue weighted by Crippen LogP contribution is -2.08. The Balaban J connectivity index is 0.000000516. The van der Waals surface area contributed by atoms with Crippen LogP contribution in [0.25, 0.3) is 5.69 Å². The van der Waals surface area contributed by atoms with E-state index in [0.717, 1.165) is 33.9 Å². The molecule has 0 aliphatic carbocycles. The first-order valence-corrected chi connectivity index (χ1v) is 9.51. The molecule has 1 aliphatic rings. The average Bonchev–Trinajstić information content (AvgIpc) is 2.96. The molecular weight excluding hydrogens is 446 g/mol. The maximum Gasteiger partial charge on any atom is 0.300 e. The third kappa shape index (κ3) is 4.01. The van der Waals surface area contributed by atoms with Crippen molar-refractivity contribution in [1.29, 1.82) is 0 Å². The molecule has 4 rings (SSSR count). The molecule has 3 aromatic rings. The number of carboxylic acid groups (broad SMARTS) is 1. The number of aromatic nitrogens is 2. The number of aliphatic carboxylic acids is 1. The van der Waals surface area contributed by atoms with Gasteiger partial charge in [-0.1, -0.05) is 45.7 Å². The molecule has 0 spiro atoms. The molecule has 1 unspecified atom stereocenters. The smallest absolute Gasteiger partial charge is 0.300 e. The fourth-order valence-electron chi connectivity index (χ4n) is 2.96. The third-order valence-electron chi connectivity index (χ3n) is 4.03. The molecule has 0 bridgehead atoms. The highest BCUT2D eigenvalue weighted by Gasteiger charge is 2.26. The van der Waals surface area contributed by atoms with E-state index in [1.807, 2.05) is 54.0 Å². The number of hydrogen-bond acceptors (Lipinski definition) is 4. The Labute approximate surface area is 175 Å². The Hall–Kier alpha value is -2.48. The fourth-order valence-corrected chi connectivity index (χ4v) is 3.55. The van der Waals surface area contributed by atoms with Crippen LogP contribution in [0.15, 0.2) is 58.1 Å². The van der Waals surface area contributed by atoms with Crippen LogP contribution in [0.1, 0.15) is 35.8 Å². The SMILES string of the molecule is CC(=O)O.Cc1cnc2n1-c1ccc(Br)cc1C(c1ccccc1Cl)=NC2O. The van der Waals surface area contributed by atoms with Crippen molar-refractivity contribution >= 4 is 39.2 Å². The molecule has 6 nitrogen and oxygen atoms in total. The first-order valence-electron chi connectivity index (χ1n) is 8.34. The number of rotatable bonds is 1. The third-order valence-corrected chi connectivity index (χ3v) is 4.85. The Morgan fingerprint density at radius 2 is 1.89 bits per heavy atom. The highest BCUT2D eigenvalue weighted by Crippen LogP contribution is 2.33. The summed E-state index contributed by atoms with van der Waals surface area (Å²) in [7, 11) is 0. The average molecular weight is 463 g/mol. The molecule has 1 atom stereocenters. The van der Waals surface area contributed by atoms with E-state index in [9.17, 15) is 5.11 Å². The summed E-state index contributed by atoms with van der Waals surface area (Å²) in [6.45, 7) is 3.04. The van der Waals surface area contributed by atoms with E-state index in [2.05, 4.69) is 25.9 Å². The van der Waals surface area contributed by atoms with Crippen molar-refractivity contribution in [2.45, 2.75) is 20.1 Å². The van der Waals surface area contributed by atoms with E-state index in [0.29, 0.717) is 16.6 Å². The minimum Gasteiger partial charge on any atom is -0.481 e. The highest BCUT2D eigenvalue weighted by atomic mass is 79.9. The molecule has 1 aliphatic heterocycles. The number of fused-ring (bicyclic) bond motifs is 3. The molecule has 1 aromatic heterocycles. The number of aliphatic hydroxyl groups excluding tert-OH is 1. The van der Waals surface area contributed by atoms with Crippen molar-refractivity contribution in [3.63, 3.8) is 0 Å². The summed E-state index contributed by atoms with van der Waals surface area (Å²) in [6, 6.07) is 13.4. The van der Waals surface area contributed by atoms with E-state index in [1.165, 1.54) is 0 Å². The van der Waals surface area contributed by atoms with Gasteiger partial charge in [-0.3, -0.25) is 9.36 Å². The van der Waals surface area contributed by atoms with Crippen LogP contribution < -0.4 is 0 Å². The van der Waals surface area contributed by atoms with Crippen LogP contribution in [0.4, 0.5) is 0 Å². The number of halogens is 2. The summed E-state index contributed by atoms with van der Waals surface area (Å²) in [5.74, 6) is -0.335. The van der Waals surface area contributed by atoms with Gasteiger partial charge < -0.3 is 10.2 Å².